The van der Waals surface area contributed by atoms with Crippen molar-refractivity contribution in [2.45, 2.75) is 50.5 Å². The van der Waals surface area contributed by atoms with Crippen LogP contribution >= 0.6 is 0 Å². The van der Waals surface area contributed by atoms with Gasteiger partial charge in [0.25, 0.3) is 5.91 Å². The Morgan fingerprint density at radius 3 is 2.50 bits per heavy atom. The number of rotatable bonds is 4. The van der Waals surface area contributed by atoms with E-state index in [0.717, 1.165) is 32.1 Å². The van der Waals surface area contributed by atoms with E-state index in [1.807, 2.05) is 0 Å². The summed E-state index contributed by atoms with van der Waals surface area (Å²) in [6, 6.07) is 5.70. The fraction of sp³-hybridized carbons (Fsp3) is 0.500. The van der Waals surface area contributed by atoms with E-state index in [0.29, 0.717) is 30.4 Å². The van der Waals surface area contributed by atoms with Gasteiger partial charge in [0.2, 0.25) is 5.91 Å². The molecule has 4 aliphatic rings. The number of halogens is 1. The van der Waals surface area contributed by atoms with Crippen LogP contribution in [0.1, 0.15) is 55.4 Å². The van der Waals surface area contributed by atoms with Crippen LogP contribution in [-0.2, 0) is 4.79 Å². The molecule has 4 fully saturated rings. The average molecular weight is 412 g/mol. The number of hydrogen-bond donors (Lipinski definition) is 3. The Balaban J connectivity index is 1.22. The second-order valence-electron chi connectivity index (χ2n) is 9.49. The minimum absolute atomic E-state index is 0.163. The molecule has 7 nitrogen and oxygen atoms in total. The molecule has 0 spiro atoms. The molecule has 4 aliphatic carbocycles. The molecule has 1 aromatic carbocycles. The number of carbonyl (C=O) groups excluding carboxylic acids is 2. The Morgan fingerprint density at radius 1 is 1.13 bits per heavy atom. The Hall–Kier alpha value is -2.74. The van der Waals surface area contributed by atoms with Gasteiger partial charge in [0.1, 0.15) is 11.5 Å². The van der Waals surface area contributed by atoms with E-state index in [4.69, 9.17) is 0 Å². The van der Waals surface area contributed by atoms with Crippen molar-refractivity contribution in [1.29, 1.82) is 0 Å². The largest absolute Gasteiger partial charge is 0.390 e. The van der Waals surface area contributed by atoms with Crippen LogP contribution in [0.25, 0.3) is 5.69 Å². The van der Waals surface area contributed by atoms with Crippen molar-refractivity contribution in [1.82, 2.24) is 20.4 Å². The number of imidazole rings is 1. The molecule has 2 aromatic rings. The molecule has 4 bridgehead atoms. The first-order chi connectivity index (χ1) is 14.3. The van der Waals surface area contributed by atoms with E-state index in [2.05, 4.69) is 15.8 Å². The van der Waals surface area contributed by atoms with Crippen molar-refractivity contribution in [2.75, 3.05) is 0 Å². The highest BCUT2D eigenvalue weighted by atomic mass is 19.1. The molecule has 1 aromatic heterocycles. The summed E-state index contributed by atoms with van der Waals surface area (Å²) in [5.41, 5.74) is 5.03. The van der Waals surface area contributed by atoms with Crippen LogP contribution in [0, 0.1) is 23.1 Å². The zero-order chi connectivity index (χ0) is 20.9. The lowest BCUT2D eigenvalue weighted by Gasteiger charge is -2.60. The number of hydrogen-bond acceptors (Lipinski definition) is 4. The quantitative estimate of drug-likeness (QED) is 0.673. The topological polar surface area (TPSA) is 96.2 Å². The van der Waals surface area contributed by atoms with E-state index >= 15 is 0 Å². The van der Waals surface area contributed by atoms with Crippen LogP contribution in [0.3, 0.4) is 0 Å². The third-order valence-electron chi connectivity index (χ3n) is 6.98. The van der Waals surface area contributed by atoms with Gasteiger partial charge in [-0.2, -0.15) is 0 Å². The van der Waals surface area contributed by atoms with Gasteiger partial charge >= 0.3 is 0 Å². The third kappa shape index (κ3) is 3.49. The molecule has 0 aliphatic heterocycles. The maximum absolute atomic E-state index is 13.2. The standard InChI is InChI=1S/C22H25FN4O3/c23-16-1-3-17(4-2-16)27-13-24-11-18(27)20(29)26-25-19(28)10-21-6-14-5-15(7-21)9-22(30,8-14)12-21/h1-4,11,13-15,30H,5-10,12H2,(H,25,28)(H,26,29)/t14-,15+,21?,22?. The van der Waals surface area contributed by atoms with Gasteiger partial charge in [-0.05, 0) is 80.0 Å². The van der Waals surface area contributed by atoms with Crippen molar-refractivity contribution < 1.29 is 19.1 Å². The van der Waals surface area contributed by atoms with Crippen LogP contribution in [0.5, 0.6) is 0 Å². The predicted octanol–water partition coefficient (Wildman–Crippen LogP) is 2.49. The summed E-state index contributed by atoms with van der Waals surface area (Å²) >= 11 is 0. The van der Waals surface area contributed by atoms with E-state index in [-0.39, 0.29) is 22.8 Å². The van der Waals surface area contributed by atoms with Crippen LogP contribution in [0.4, 0.5) is 4.39 Å². The SMILES string of the molecule is O=C(CC12C[C@@H]3C[C@@H](CC(O)(C3)C1)C2)NNC(=O)c1cncn1-c1ccc(F)cc1. The average Bonchev–Trinajstić information content (AvgIpc) is 3.14. The Labute approximate surface area is 173 Å². The monoisotopic (exact) mass is 412 g/mol. The number of aliphatic hydroxyl groups is 1. The first-order valence-electron chi connectivity index (χ1n) is 10.4. The molecule has 1 heterocycles. The van der Waals surface area contributed by atoms with Crippen LogP contribution < -0.4 is 10.9 Å². The summed E-state index contributed by atoms with van der Waals surface area (Å²) in [6.07, 6.45) is 8.66. The van der Waals surface area contributed by atoms with E-state index in [9.17, 15) is 19.1 Å². The van der Waals surface area contributed by atoms with Crippen molar-refractivity contribution in [3.63, 3.8) is 0 Å². The molecule has 0 saturated heterocycles. The molecule has 6 rings (SSSR count). The molecule has 30 heavy (non-hydrogen) atoms. The van der Waals surface area contributed by atoms with Crippen LogP contribution in [0.15, 0.2) is 36.8 Å². The van der Waals surface area contributed by atoms with Gasteiger partial charge in [-0.3, -0.25) is 25.0 Å². The number of aromatic nitrogens is 2. The lowest BCUT2D eigenvalue weighted by molar-refractivity contribution is -0.169. The van der Waals surface area contributed by atoms with Crippen molar-refractivity contribution in [2.24, 2.45) is 17.3 Å². The Morgan fingerprint density at radius 2 is 1.83 bits per heavy atom. The lowest BCUT2D eigenvalue weighted by atomic mass is 9.47. The molecular weight excluding hydrogens is 387 g/mol. The number of benzene rings is 1. The molecule has 158 valence electrons. The first kappa shape index (κ1) is 19.2. The molecule has 8 heteroatoms. The highest BCUT2D eigenvalue weighted by Crippen LogP contribution is 2.62. The number of nitrogens with one attached hydrogen (secondary N) is 2. The van der Waals surface area contributed by atoms with Gasteiger partial charge in [-0.15, -0.1) is 0 Å². The predicted molar refractivity (Wildman–Crippen MR) is 106 cm³/mol. The minimum Gasteiger partial charge on any atom is -0.390 e. The first-order valence-corrected chi connectivity index (χ1v) is 10.4. The number of carbonyl (C=O) groups is 2. The van der Waals surface area contributed by atoms with Gasteiger partial charge < -0.3 is 5.11 Å². The molecule has 4 atom stereocenters. The number of hydrazine groups is 1. The molecular formula is C22H25FN4O3. The second kappa shape index (κ2) is 6.91. The Bertz CT molecular complexity index is 973. The van der Waals surface area contributed by atoms with E-state index < -0.39 is 11.5 Å². The fourth-order valence-corrected chi connectivity index (χ4v) is 6.45. The van der Waals surface area contributed by atoms with E-state index in [1.54, 1.807) is 12.1 Å². The second-order valence-corrected chi connectivity index (χ2v) is 9.49. The van der Waals surface area contributed by atoms with E-state index in [1.165, 1.54) is 29.2 Å². The van der Waals surface area contributed by atoms with Crippen molar-refractivity contribution >= 4 is 11.8 Å². The van der Waals surface area contributed by atoms with Gasteiger partial charge in [-0.25, -0.2) is 9.37 Å². The summed E-state index contributed by atoms with van der Waals surface area (Å²) < 4.78 is 14.7. The number of amides is 2. The van der Waals surface area contributed by atoms with Crippen LogP contribution in [-0.4, -0.2) is 32.1 Å². The third-order valence-corrected chi connectivity index (χ3v) is 6.98. The minimum atomic E-state index is -0.616. The molecule has 2 unspecified atom stereocenters. The summed E-state index contributed by atoms with van der Waals surface area (Å²) in [6.45, 7) is 0. The number of nitrogens with zero attached hydrogens (tertiary/aromatic N) is 2. The highest BCUT2D eigenvalue weighted by molar-refractivity contribution is 5.94. The summed E-state index contributed by atoms with van der Waals surface area (Å²) in [5, 5.41) is 10.8. The van der Waals surface area contributed by atoms with Gasteiger partial charge in [-0.1, -0.05) is 0 Å². The fourth-order valence-electron chi connectivity index (χ4n) is 6.45. The zero-order valence-corrected chi connectivity index (χ0v) is 16.6. The van der Waals surface area contributed by atoms with Crippen molar-refractivity contribution in [3.05, 3.63) is 48.3 Å². The molecule has 2 amide bonds. The lowest BCUT2D eigenvalue weighted by Crippen LogP contribution is -2.57. The van der Waals surface area contributed by atoms with Crippen molar-refractivity contribution in [3.8, 4) is 5.69 Å². The summed E-state index contributed by atoms with van der Waals surface area (Å²) in [7, 11) is 0. The summed E-state index contributed by atoms with van der Waals surface area (Å²) in [5.74, 6) is -0.116. The normalized spacial score (nSPS) is 31.5. The van der Waals surface area contributed by atoms with Gasteiger partial charge in [0.05, 0.1) is 18.1 Å². The van der Waals surface area contributed by atoms with Crippen LogP contribution in [0.2, 0.25) is 0 Å². The smallest absolute Gasteiger partial charge is 0.288 e. The van der Waals surface area contributed by atoms with Gasteiger partial charge in [0, 0.05) is 12.1 Å². The molecule has 0 radical (unpaired) electrons. The maximum Gasteiger partial charge on any atom is 0.288 e. The zero-order valence-electron chi connectivity index (χ0n) is 16.6. The molecule has 3 N–H and O–H groups in total. The summed E-state index contributed by atoms with van der Waals surface area (Å²) in [4.78, 5) is 29.2. The van der Waals surface area contributed by atoms with Gasteiger partial charge in [0.15, 0.2) is 0 Å². The molecule has 4 saturated carbocycles. The maximum atomic E-state index is 13.2. The highest BCUT2D eigenvalue weighted by Gasteiger charge is 2.57. The Kier molecular flexibility index (Phi) is 4.43.